The lowest BCUT2D eigenvalue weighted by molar-refractivity contribution is -0.124. The summed E-state index contributed by atoms with van der Waals surface area (Å²) in [6.07, 6.45) is 0.678. The molecule has 2 nitrogen and oxygen atoms in total. The largest absolute Gasteiger partial charge is 0.351 e. The molecule has 1 saturated carbocycles. The van der Waals surface area contributed by atoms with E-state index in [1.54, 1.807) is 0 Å². The lowest BCUT2D eigenvalue weighted by atomic mass is 10.1. The van der Waals surface area contributed by atoms with Gasteiger partial charge in [0.2, 0.25) is 5.91 Å². The maximum atomic E-state index is 12.7. The predicted molar refractivity (Wildman–Crippen MR) is 50.2 cm³/mol. The van der Waals surface area contributed by atoms with Gasteiger partial charge < -0.3 is 5.32 Å². The molecule has 0 radical (unpaired) electrons. The molecule has 0 aromatic carbocycles. The molecule has 2 atom stereocenters. The van der Waals surface area contributed by atoms with E-state index >= 15 is 0 Å². The van der Waals surface area contributed by atoms with E-state index in [0.717, 1.165) is 0 Å². The first kappa shape index (κ1) is 10.5. The number of alkyl halides is 1. The van der Waals surface area contributed by atoms with Crippen LogP contribution < -0.4 is 5.32 Å². The van der Waals surface area contributed by atoms with Gasteiger partial charge in [0, 0.05) is 11.0 Å². The van der Waals surface area contributed by atoms with Gasteiger partial charge in [-0.25, -0.2) is 4.39 Å². The Balaban J connectivity index is 2.27. The Labute approximate surface area is 82.1 Å². The summed E-state index contributed by atoms with van der Waals surface area (Å²) in [6.45, 7) is 3.72. The topological polar surface area (TPSA) is 29.1 Å². The zero-order chi connectivity index (χ0) is 9.84. The minimum absolute atomic E-state index is 0.109. The molecule has 0 aromatic heterocycles. The quantitative estimate of drug-likeness (QED) is 0.750. The van der Waals surface area contributed by atoms with Crippen molar-refractivity contribution in [3.63, 3.8) is 0 Å². The van der Waals surface area contributed by atoms with Crippen molar-refractivity contribution in [2.24, 2.45) is 5.92 Å². The van der Waals surface area contributed by atoms with Gasteiger partial charge in [-0.2, -0.15) is 0 Å². The van der Waals surface area contributed by atoms with Gasteiger partial charge in [-0.05, 0) is 19.3 Å². The van der Waals surface area contributed by atoms with Crippen molar-refractivity contribution in [1.82, 2.24) is 5.32 Å². The molecule has 13 heavy (non-hydrogen) atoms. The minimum Gasteiger partial charge on any atom is -0.351 e. The molecule has 2 unspecified atom stereocenters. The molecule has 74 valence electrons. The molecule has 1 N–H and O–H groups in total. The van der Waals surface area contributed by atoms with Crippen LogP contribution >= 0.6 is 11.6 Å². The summed E-state index contributed by atoms with van der Waals surface area (Å²) in [7, 11) is 0. The van der Waals surface area contributed by atoms with E-state index in [1.807, 2.05) is 0 Å². The Morgan fingerprint density at radius 1 is 1.62 bits per heavy atom. The van der Waals surface area contributed by atoms with Crippen LogP contribution in [0.3, 0.4) is 0 Å². The van der Waals surface area contributed by atoms with Gasteiger partial charge in [0.25, 0.3) is 0 Å². The lowest BCUT2D eigenvalue weighted by Crippen LogP contribution is -2.30. The Morgan fingerprint density at radius 3 is 2.77 bits per heavy atom. The van der Waals surface area contributed by atoms with Crippen LogP contribution in [0.2, 0.25) is 0 Å². The highest BCUT2D eigenvalue weighted by Crippen LogP contribution is 2.27. The van der Waals surface area contributed by atoms with E-state index in [0.29, 0.717) is 24.3 Å². The van der Waals surface area contributed by atoms with Gasteiger partial charge >= 0.3 is 0 Å². The average Bonchev–Trinajstić information content (AvgIpc) is 2.47. The minimum atomic E-state index is -0.810. The monoisotopic (exact) mass is 205 g/mol. The van der Waals surface area contributed by atoms with Crippen molar-refractivity contribution in [1.29, 1.82) is 0 Å². The molecule has 1 fully saturated rings. The highest BCUT2D eigenvalue weighted by Gasteiger charge is 2.29. The van der Waals surface area contributed by atoms with Gasteiger partial charge in [-0.3, -0.25) is 4.79 Å². The fourth-order valence-electron chi connectivity index (χ4n) is 1.49. The van der Waals surface area contributed by atoms with Crippen molar-refractivity contribution in [3.05, 3.63) is 11.6 Å². The number of hydrogen-bond acceptors (Lipinski definition) is 1. The third-order valence-corrected chi connectivity index (χ3v) is 2.33. The molecular weight excluding hydrogens is 193 g/mol. The Kier molecular flexibility index (Phi) is 3.72. The van der Waals surface area contributed by atoms with Crippen molar-refractivity contribution in [2.45, 2.75) is 25.4 Å². The van der Waals surface area contributed by atoms with Crippen LogP contribution in [0.25, 0.3) is 0 Å². The Bertz CT molecular complexity index is 220. The number of amides is 1. The molecule has 0 aromatic rings. The molecular formula is C9H13ClFNO. The van der Waals surface area contributed by atoms with Crippen LogP contribution in [-0.2, 0) is 4.79 Å². The predicted octanol–water partition coefficient (Wildman–Crippen LogP) is 1.99. The molecule has 0 saturated heterocycles. The number of rotatable bonds is 3. The lowest BCUT2D eigenvalue weighted by Gasteiger charge is -2.08. The van der Waals surface area contributed by atoms with Crippen LogP contribution in [0.15, 0.2) is 11.6 Å². The SMILES string of the molecule is C=C(Cl)CNC(=O)C1CCC(F)C1. The van der Waals surface area contributed by atoms with Crippen LogP contribution in [0.1, 0.15) is 19.3 Å². The molecule has 0 heterocycles. The maximum absolute atomic E-state index is 12.7. The van der Waals surface area contributed by atoms with Gasteiger partial charge in [0.15, 0.2) is 0 Å². The molecule has 0 spiro atoms. The molecule has 0 bridgehead atoms. The summed E-state index contributed by atoms with van der Waals surface area (Å²) in [5.41, 5.74) is 0. The van der Waals surface area contributed by atoms with Crippen molar-refractivity contribution in [3.8, 4) is 0 Å². The zero-order valence-corrected chi connectivity index (χ0v) is 8.11. The summed E-state index contributed by atoms with van der Waals surface area (Å²) in [5.74, 6) is -0.284. The summed E-state index contributed by atoms with van der Waals surface area (Å²) in [6, 6.07) is 0. The number of carbonyl (C=O) groups excluding carboxylic acids is 1. The van der Waals surface area contributed by atoms with Crippen molar-refractivity contribution < 1.29 is 9.18 Å². The van der Waals surface area contributed by atoms with E-state index in [4.69, 9.17) is 11.6 Å². The van der Waals surface area contributed by atoms with Gasteiger partial charge in [0.05, 0.1) is 6.54 Å². The van der Waals surface area contributed by atoms with E-state index in [-0.39, 0.29) is 18.4 Å². The van der Waals surface area contributed by atoms with E-state index in [1.165, 1.54) is 0 Å². The van der Waals surface area contributed by atoms with Crippen molar-refractivity contribution in [2.75, 3.05) is 6.54 Å². The van der Waals surface area contributed by atoms with Crippen LogP contribution in [0, 0.1) is 5.92 Å². The number of hydrogen-bond donors (Lipinski definition) is 1. The third-order valence-electron chi connectivity index (χ3n) is 2.19. The van der Waals surface area contributed by atoms with E-state index in [2.05, 4.69) is 11.9 Å². The highest BCUT2D eigenvalue weighted by molar-refractivity contribution is 6.29. The van der Waals surface area contributed by atoms with Crippen molar-refractivity contribution >= 4 is 17.5 Å². The maximum Gasteiger partial charge on any atom is 0.223 e. The molecule has 4 heteroatoms. The smallest absolute Gasteiger partial charge is 0.223 e. The molecule has 1 aliphatic carbocycles. The summed E-state index contributed by atoms with van der Waals surface area (Å²) >= 11 is 5.47. The van der Waals surface area contributed by atoms with Gasteiger partial charge in [0.1, 0.15) is 6.17 Å². The fourth-order valence-corrected chi connectivity index (χ4v) is 1.56. The highest BCUT2D eigenvalue weighted by atomic mass is 35.5. The van der Waals surface area contributed by atoms with Gasteiger partial charge in [-0.1, -0.05) is 18.2 Å². The first-order chi connectivity index (χ1) is 6.09. The number of halogens is 2. The molecule has 1 aliphatic rings. The van der Waals surface area contributed by atoms with Gasteiger partial charge in [-0.15, -0.1) is 0 Å². The standard InChI is InChI=1S/C9H13ClFNO/c1-6(10)5-12-9(13)7-2-3-8(11)4-7/h7-8H,1-5H2,(H,12,13). The first-order valence-electron chi connectivity index (χ1n) is 4.34. The summed E-state index contributed by atoms with van der Waals surface area (Å²) in [5, 5.41) is 3.00. The van der Waals surface area contributed by atoms with Crippen LogP contribution in [0.4, 0.5) is 4.39 Å². The van der Waals surface area contributed by atoms with E-state index in [9.17, 15) is 9.18 Å². The second-order valence-corrected chi connectivity index (χ2v) is 3.88. The van der Waals surface area contributed by atoms with Crippen LogP contribution in [0.5, 0.6) is 0 Å². The fraction of sp³-hybridized carbons (Fsp3) is 0.667. The molecule has 1 amide bonds. The third kappa shape index (κ3) is 3.35. The zero-order valence-electron chi connectivity index (χ0n) is 7.35. The summed E-state index contributed by atoms with van der Waals surface area (Å²) in [4.78, 5) is 11.3. The Hall–Kier alpha value is -0.570. The molecule has 0 aliphatic heterocycles. The summed E-state index contributed by atoms with van der Waals surface area (Å²) < 4.78 is 12.7. The second-order valence-electron chi connectivity index (χ2n) is 3.34. The molecule has 1 rings (SSSR count). The first-order valence-corrected chi connectivity index (χ1v) is 4.72. The number of carbonyl (C=O) groups is 1. The second kappa shape index (κ2) is 4.61. The average molecular weight is 206 g/mol. The number of nitrogens with one attached hydrogen (secondary N) is 1. The van der Waals surface area contributed by atoms with Crippen LogP contribution in [-0.4, -0.2) is 18.6 Å². The van der Waals surface area contributed by atoms with E-state index < -0.39 is 6.17 Å². The Morgan fingerprint density at radius 2 is 2.31 bits per heavy atom. The normalized spacial score (nSPS) is 27.2.